The van der Waals surface area contributed by atoms with E-state index in [2.05, 4.69) is 54.4 Å². The number of nitrogens with zero attached hydrogens (tertiary/aromatic N) is 7. The van der Waals surface area contributed by atoms with Gasteiger partial charge in [0.15, 0.2) is 10.8 Å². The van der Waals surface area contributed by atoms with Gasteiger partial charge in [-0.2, -0.15) is 9.97 Å². The summed E-state index contributed by atoms with van der Waals surface area (Å²) in [5, 5.41) is 0.194. The molecule has 0 aliphatic carbocycles. The summed E-state index contributed by atoms with van der Waals surface area (Å²) in [7, 11) is 2.12. The summed E-state index contributed by atoms with van der Waals surface area (Å²) in [5.74, 6) is 0.0469. The van der Waals surface area contributed by atoms with Gasteiger partial charge in [-0.1, -0.05) is 11.6 Å². The third kappa shape index (κ3) is 4.43. The highest BCUT2D eigenvalue weighted by molar-refractivity contribution is 14.1. The minimum absolute atomic E-state index is 0.0469. The first-order valence-corrected chi connectivity index (χ1v) is 11.7. The van der Waals surface area contributed by atoms with E-state index in [-0.39, 0.29) is 16.8 Å². The lowest BCUT2D eigenvalue weighted by atomic mass is 10.1. The zero-order chi connectivity index (χ0) is 22.3. The quantitative estimate of drug-likeness (QED) is 0.378. The van der Waals surface area contributed by atoms with E-state index in [1.807, 2.05) is 20.0 Å². The number of fused-ring (bicyclic) bond motifs is 1. The molecule has 4 rings (SSSR count). The van der Waals surface area contributed by atoms with E-state index in [1.165, 1.54) is 0 Å². The van der Waals surface area contributed by atoms with Crippen molar-refractivity contribution in [2.24, 2.45) is 0 Å². The number of hydrogen-bond acceptors (Lipinski definition) is 7. The molecule has 0 radical (unpaired) electrons. The third-order valence-corrected chi connectivity index (χ3v) is 7.82. The molecule has 9 nitrogen and oxygen atoms in total. The van der Waals surface area contributed by atoms with Crippen molar-refractivity contribution in [3.63, 3.8) is 0 Å². The van der Waals surface area contributed by atoms with Crippen LogP contribution in [0.2, 0.25) is 5.15 Å². The van der Waals surface area contributed by atoms with Gasteiger partial charge in [-0.3, -0.25) is 19.0 Å². The van der Waals surface area contributed by atoms with E-state index in [4.69, 9.17) is 17.3 Å². The van der Waals surface area contributed by atoms with Crippen molar-refractivity contribution in [2.45, 2.75) is 26.9 Å². The molecule has 1 saturated heterocycles. The van der Waals surface area contributed by atoms with E-state index in [0.717, 1.165) is 53.1 Å². The molecule has 3 aromatic rings. The third-order valence-electron chi connectivity index (χ3n) is 5.89. The summed E-state index contributed by atoms with van der Waals surface area (Å²) < 4.78 is 4.41. The number of nitrogens with two attached hydrogens (primary N) is 1. The van der Waals surface area contributed by atoms with Crippen LogP contribution in [-0.4, -0.2) is 73.7 Å². The Morgan fingerprint density at radius 2 is 1.84 bits per heavy atom. The Morgan fingerprint density at radius 1 is 1.13 bits per heavy atom. The molecular weight excluding hydrogens is 531 g/mol. The van der Waals surface area contributed by atoms with Gasteiger partial charge < -0.3 is 10.6 Å². The maximum atomic E-state index is 13.4. The monoisotopic (exact) mass is 556 g/mol. The molecule has 0 atom stereocenters. The average Bonchev–Trinajstić information content (AvgIpc) is 2.99. The van der Waals surface area contributed by atoms with Crippen molar-refractivity contribution in [3.05, 3.63) is 42.2 Å². The lowest BCUT2D eigenvalue weighted by Gasteiger charge is -2.32. The van der Waals surface area contributed by atoms with Gasteiger partial charge in [0.2, 0.25) is 5.95 Å². The van der Waals surface area contributed by atoms with Gasteiger partial charge >= 0.3 is 5.69 Å². The highest BCUT2D eigenvalue weighted by atomic mass is 127. The predicted molar refractivity (Wildman–Crippen MR) is 131 cm³/mol. The van der Waals surface area contributed by atoms with Crippen LogP contribution in [-0.2, 0) is 13.1 Å². The molecule has 11 heteroatoms. The van der Waals surface area contributed by atoms with Crippen LogP contribution in [0.4, 0.5) is 5.95 Å². The molecule has 0 unspecified atom stereocenters. The summed E-state index contributed by atoms with van der Waals surface area (Å²) >= 11 is 8.74. The van der Waals surface area contributed by atoms with Crippen molar-refractivity contribution in [3.8, 4) is 0 Å². The van der Waals surface area contributed by atoms with Crippen molar-refractivity contribution in [1.82, 2.24) is 33.9 Å². The van der Waals surface area contributed by atoms with Gasteiger partial charge in [0.05, 0.1) is 12.2 Å². The lowest BCUT2D eigenvalue weighted by Crippen LogP contribution is -2.45. The molecule has 1 aliphatic rings. The van der Waals surface area contributed by atoms with Crippen molar-refractivity contribution >= 4 is 51.3 Å². The first kappa shape index (κ1) is 22.4. The van der Waals surface area contributed by atoms with Crippen molar-refractivity contribution in [1.29, 1.82) is 0 Å². The second kappa shape index (κ2) is 9.00. The van der Waals surface area contributed by atoms with E-state index in [1.54, 1.807) is 9.13 Å². The van der Waals surface area contributed by atoms with Crippen LogP contribution in [0.25, 0.3) is 11.2 Å². The minimum Gasteiger partial charge on any atom is -0.368 e. The van der Waals surface area contributed by atoms with Crippen LogP contribution in [0.15, 0.2) is 11.0 Å². The van der Waals surface area contributed by atoms with Crippen molar-refractivity contribution < 1.29 is 0 Å². The summed E-state index contributed by atoms with van der Waals surface area (Å²) in [6.07, 6.45) is 1.83. The van der Waals surface area contributed by atoms with Gasteiger partial charge in [-0.05, 0) is 54.6 Å². The Hall–Kier alpha value is -1.76. The maximum Gasteiger partial charge on any atom is 0.330 e. The molecule has 0 saturated carbocycles. The minimum atomic E-state index is -0.178. The molecule has 3 aromatic heterocycles. The topological polar surface area (TPSA) is 98.1 Å². The van der Waals surface area contributed by atoms with E-state index in [9.17, 15) is 4.79 Å². The van der Waals surface area contributed by atoms with E-state index >= 15 is 0 Å². The highest BCUT2D eigenvalue weighted by Crippen LogP contribution is 2.23. The standard InChI is InChI=1S/C20H26ClIN8O/c1-12-10-24-14(13(2)15(12)22)11-30-18-16(17(21)25-19(23)26-18)29(20(30)31)9-8-28-6-4-27(3)5-7-28/h10H,4-9,11H2,1-3H3,(H2,23,25,26). The summed E-state index contributed by atoms with van der Waals surface area (Å²) in [6.45, 7) is 9.61. The first-order valence-electron chi connectivity index (χ1n) is 10.2. The Morgan fingerprint density at radius 3 is 2.55 bits per heavy atom. The van der Waals surface area contributed by atoms with Gasteiger partial charge in [-0.25, -0.2) is 4.79 Å². The summed E-state index contributed by atoms with van der Waals surface area (Å²) in [5.41, 5.74) is 9.64. The number of anilines is 1. The van der Waals surface area contributed by atoms with Gasteiger partial charge in [0.25, 0.3) is 0 Å². The van der Waals surface area contributed by atoms with E-state index in [0.29, 0.717) is 24.3 Å². The lowest BCUT2D eigenvalue weighted by molar-refractivity contribution is 0.150. The summed E-state index contributed by atoms with van der Waals surface area (Å²) in [6, 6.07) is 0. The number of aromatic nitrogens is 5. The fourth-order valence-corrected chi connectivity index (χ4v) is 4.63. The molecule has 1 aliphatic heterocycles. The Balaban J connectivity index is 1.73. The number of rotatable bonds is 5. The second-order valence-corrected chi connectivity index (χ2v) is 9.47. The molecule has 0 spiro atoms. The van der Waals surface area contributed by atoms with Crippen LogP contribution in [0.1, 0.15) is 16.8 Å². The Bertz CT molecular complexity index is 1180. The number of imidazole rings is 1. The SMILES string of the molecule is Cc1cnc(Cn2c(=O)n(CCN3CCN(C)CC3)c3c(Cl)nc(N)nc32)c(C)c1I. The number of piperazine rings is 1. The van der Waals surface area contributed by atoms with Gasteiger partial charge in [-0.15, -0.1) is 0 Å². The molecule has 2 N–H and O–H groups in total. The zero-order valence-corrected chi connectivity index (χ0v) is 20.8. The average molecular weight is 557 g/mol. The number of aryl methyl sites for hydroxylation is 1. The van der Waals surface area contributed by atoms with Crippen LogP contribution in [0.3, 0.4) is 0 Å². The van der Waals surface area contributed by atoms with Gasteiger partial charge in [0, 0.05) is 49.0 Å². The second-order valence-electron chi connectivity index (χ2n) is 8.04. The smallest absolute Gasteiger partial charge is 0.330 e. The first-order chi connectivity index (χ1) is 14.8. The Kier molecular flexibility index (Phi) is 6.52. The number of pyridine rings is 1. The maximum absolute atomic E-state index is 13.4. The molecule has 0 bridgehead atoms. The van der Waals surface area contributed by atoms with Crippen LogP contribution in [0, 0.1) is 17.4 Å². The summed E-state index contributed by atoms with van der Waals surface area (Å²) in [4.78, 5) is 31.1. The normalized spacial score (nSPS) is 15.8. The molecular formula is C20H26ClIN8O. The Labute approximate surface area is 199 Å². The largest absolute Gasteiger partial charge is 0.368 e. The molecule has 1 fully saturated rings. The predicted octanol–water partition coefficient (Wildman–Crippen LogP) is 1.74. The fourth-order valence-electron chi connectivity index (χ4n) is 3.91. The van der Waals surface area contributed by atoms with Crippen LogP contribution in [0.5, 0.6) is 0 Å². The molecule has 31 heavy (non-hydrogen) atoms. The molecule has 0 aromatic carbocycles. The fraction of sp³-hybridized carbons (Fsp3) is 0.500. The number of halogens is 2. The van der Waals surface area contributed by atoms with Crippen LogP contribution < -0.4 is 11.4 Å². The number of likely N-dealkylation sites (N-methyl/N-ethyl adjacent to an activating group) is 1. The molecule has 0 amide bonds. The molecule has 166 valence electrons. The zero-order valence-electron chi connectivity index (χ0n) is 17.9. The number of hydrogen-bond donors (Lipinski definition) is 1. The molecule has 4 heterocycles. The van der Waals surface area contributed by atoms with Gasteiger partial charge in [0.1, 0.15) is 5.52 Å². The van der Waals surface area contributed by atoms with Crippen LogP contribution >= 0.6 is 34.2 Å². The highest BCUT2D eigenvalue weighted by Gasteiger charge is 2.22. The van der Waals surface area contributed by atoms with E-state index < -0.39 is 0 Å². The number of nitrogen functional groups attached to an aromatic ring is 1. The van der Waals surface area contributed by atoms with Crippen molar-refractivity contribution in [2.75, 3.05) is 45.5 Å².